The zero-order chi connectivity index (χ0) is 22.5. The lowest BCUT2D eigenvalue weighted by Crippen LogP contribution is -2.49. The number of amides is 1. The fourth-order valence-electron chi connectivity index (χ4n) is 4.72. The van der Waals surface area contributed by atoms with E-state index in [2.05, 4.69) is 20.2 Å². The number of carbonyl (C=O) groups is 1. The topological polar surface area (TPSA) is 104 Å². The number of hydrogen-bond donors (Lipinski definition) is 1. The van der Waals surface area contributed by atoms with Crippen LogP contribution in [0.5, 0.6) is 0 Å². The summed E-state index contributed by atoms with van der Waals surface area (Å²) >= 11 is 1.60. The molecule has 32 heavy (non-hydrogen) atoms. The summed E-state index contributed by atoms with van der Waals surface area (Å²) in [4.78, 5) is 18.1. The van der Waals surface area contributed by atoms with E-state index >= 15 is 0 Å². The maximum atomic E-state index is 13.0. The Bertz CT molecular complexity index is 1240. The summed E-state index contributed by atoms with van der Waals surface area (Å²) in [5.41, 5.74) is 4.25. The molecular formula is C21H26N6O3S2. The molecule has 11 heteroatoms. The Kier molecular flexibility index (Phi) is 5.32. The molecule has 2 aliphatic heterocycles. The smallest absolute Gasteiger partial charge is 0.274 e. The molecule has 0 radical (unpaired) electrons. The third-order valence-corrected chi connectivity index (χ3v) is 8.96. The lowest BCUT2D eigenvalue weighted by molar-refractivity contribution is 0.0741. The maximum absolute atomic E-state index is 13.0. The summed E-state index contributed by atoms with van der Waals surface area (Å²) in [7, 11) is -2.97. The van der Waals surface area contributed by atoms with E-state index in [0.29, 0.717) is 38.3 Å². The number of piperazine rings is 1. The zero-order valence-corrected chi connectivity index (χ0v) is 19.7. The molecule has 0 aromatic carbocycles. The summed E-state index contributed by atoms with van der Waals surface area (Å²) in [6.45, 7) is 6.57. The van der Waals surface area contributed by atoms with E-state index in [9.17, 15) is 13.2 Å². The van der Waals surface area contributed by atoms with Gasteiger partial charge in [0.05, 0.1) is 45.2 Å². The van der Waals surface area contributed by atoms with Crippen LogP contribution in [-0.4, -0.2) is 76.9 Å². The second-order valence-corrected chi connectivity index (χ2v) is 11.6. The van der Waals surface area contributed by atoms with Gasteiger partial charge in [-0.25, -0.2) is 8.42 Å². The van der Waals surface area contributed by atoms with Gasteiger partial charge in [-0.15, -0.1) is 11.3 Å². The van der Waals surface area contributed by atoms with Crippen LogP contribution in [0.4, 0.5) is 5.69 Å². The molecule has 9 nitrogen and oxygen atoms in total. The van der Waals surface area contributed by atoms with Crippen molar-refractivity contribution in [3.63, 3.8) is 0 Å². The number of hydrogen-bond acceptors (Lipinski definition) is 7. The van der Waals surface area contributed by atoms with Gasteiger partial charge in [-0.3, -0.25) is 14.6 Å². The van der Waals surface area contributed by atoms with Crippen molar-refractivity contribution < 1.29 is 13.2 Å². The van der Waals surface area contributed by atoms with E-state index in [1.54, 1.807) is 11.3 Å². The number of aryl methyl sites for hydroxylation is 1. The molecule has 1 amide bonds. The Morgan fingerprint density at radius 1 is 1.22 bits per heavy atom. The number of sulfone groups is 1. The number of aromatic amines is 1. The SMILES string of the molecule is Cc1nn([C@H]2CCS(=O)(=O)C2)c(C)c1N1CCN(C(=O)c2cc(-c3cccs3)[nH]n2)CC1. The fraction of sp³-hybridized carbons (Fsp3) is 0.476. The third kappa shape index (κ3) is 3.83. The maximum Gasteiger partial charge on any atom is 0.274 e. The molecule has 1 N–H and O–H groups in total. The van der Waals surface area contributed by atoms with Crippen molar-refractivity contribution >= 4 is 32.8 Å². The molecule has 0 saturated carbocycles. The van der Waals surface area contributed by atoms with Gasteiger partial charge in [0.15, 0.2) is 15.5 Å². The third-order valence-electron chi connectivity index (χ3n) is 6.31. The molecule has 2 aliphatic rings. The van der Waals surface area contributed by atoms with Gasteiger partial charge in [0.1, 0.15) is 0 Å². The molecule has 0 spiro atoms. The van der Waals surface area contributed by atoms with Crippen molar-refractivity contribution in [1.29, 1.82) is 0 Å². The molecule has 5 heterocycles. The van der Waals surface area contributed by atoms with Crippen molar-refractivity contribution in [2.24, 2.45) is 0 Å². The Hall–Kier alpha value is -2.66. The number of H-pyrrole nitrogens is 1. The summed E-state index contributed by atoms with van der Waals surface area (Å²) in [5.74, 6) is 0.324. The molecule has 1 atom stereocenters. The monoisotopic (exact) mass is 474 g/mol. The molecule has 3 aromatic heterocycles. The van der Waals surface area contributed by atoms with E-state index in [-0.39, 0.29) is 23.5 Å². The van der Waals surface area contributed by atoms with Crippen molar-refractivity contribution in [2.45, 2.75) is 26.3 Å². The van der Waals surface area contributed by atoms with Gasteiger partial charge < -0.3 is 9.80 Å². The Morgan fingerprint density at radius 2 is 2.00 bits per heavy atom. The number of aromatic nitrogens is 4. The average molecular weight is 475 g/mol. The van der Waals surface area contributed by atoms with Crippen LogP contribution in [0.3, 0.4) is 0 Å². The minimum absolute atomic E-state index is 0.0657. The van der Waals surface area contributed by atoms with Gasteiger partial charge in [0, 0.05) is 26.2 Å². The second-order valence-electron chi connectivity index (χ2n) is 8.44. The first-order chi connectivity index (χ1) is 15.3. The standard InChI is InChI=1S/C21H26N6O3S2/c1-14-20(15(2)27(24-14)16-5-11-32(29,30)13-16)25-6-8-26(9-7-25)21(28)18-12-17(22-23-18)19-4-3-10-31-19/h3-4,10,12,16H,5-9,11,13H2,1-2H3,(H,22,23)/t16-/m0/s1. The summed E-state index contributed by atoms with van der Waals surface area (Å²) in [5, 5.41) is 13.9. The first-order valence-electron chi connectivity index (χ1n) is 10.7. The van der Waals surface area contributed by atoms with Gasteiger partial charge in [-0.05, 0) is 37.8 Å². The molecular weight excluding hydrogens is 448 g/mol. The highest BCUT2D eigenvalue weighted by Crippen LogP contribution is 2.32. The van der Waals surface area contributed by atoms with Crippen LogP contribution in [0.1, 0.15) is 34.3 Å². The summed E-state index contributed by atoms with van der Waals surface area (Å²) in [6.07, 6.45) is 0.614. The lowest BCUT2D eigenvalue weighted by atomic mass is 10.2. The number of carbonyl (C=O) groups excluding carboxylic acids is 1. The number of thiophene rings is 1. The lowest BCUT2D eigenvalue weighted by Gasteiger charge is -2.36. The Morgan fingerprint density at radius 3 is 2.66 bits per heavy atom. The first kappa shape index (κ1) is 21.2. The Labute approximate surface area is 190 Å². The second kappa shape index (κ2) is 8.04. The highest BCUT2D eigenvalue weighted by molar-refractivity contribution is 7.91. The van der Waals surface area contributed by atoms with E-state index < -0.39 is 9.84 Å². The van der Waals surface area contributed by atoms with Crippen molar-refractivity contribution in [2.75, 3.05) is 42.6 Å². The quantitative estimate of drug-likeness (QED) is 0.622. The number of rotatable bonds is 4. The van der Waals surface area contributed by atoms with E-state index in [4.69, 9.17) is 0 Å². The molecule has 0 bridgehead atoms. The summed E-state index contributed by atoms with van der Waals surface area (Å²) in [6, 6.07) is 5.69. The van der Waals surface area contributed by atoms with Crippen LogP contribution in [0, 0.1) is 13.8 Å². The van der Waals surface area contributed by atoms with E-state index in [0.717, 1.165) is 27.6 Å². The van der Waals surface area contributed by atoms with Crippen LogP contribution in [0.2, 0.25) is 0 Å². The molecule has 0 unspecified atom stereocenters. The fourth-order valence-corrected chi connectivity index (χ4v) is 7.10. The first-order valence-corrected chi connectivity index (χ1v) is 13.4. The predicted molar refractivity (Wildman–Crippen MR) is 124 cm³/mol. The molecule has 2 fully saturated rings. The van der Waals surface area contributed by atoms with Gasteiger partial charge in [-0.1, -0.05) is 6.07 Å². The number of anilines is 1. The van der Waals surface area contributed by atoms with Crippen molar-refractivity contribution in [3.8, 4) is 10.6 Å². The highest BCUT2D eigenvalue weighted by Gasteiger charge is 2.33. The average Bonchev–Trinajstić information content (AvgIpc) is 3.55. The van der Waals surface area contributed by atoms with Crippen LogP contribution in [0.15, 0.2) is 23.6 Å². The largest absolute Gasteiger partial charge is 0.365 e. The van der Waals surface area contributed by atoms with Gasteiger partial charge in [0.2, 0.25) is 0 Å². The summed E-state index contributed by atoms with van der Waals surface area (Å²) < 4.78 is 25.7. The highest BCUT2D eigenvalue weighted by atomic mass is 32.2. The van der Waals surface area contributed by atoms with Gasteiger partial charge in [-0.2, -0.15) is 10.2 Å². The molecule has 170 valence electrons. The zero-order valence-electron chi connectivity index (χ0n) is 18.1. The molecule has 3 aromatic rings. The molecule has 0 aliphatic carbocycles. The van der Waals surface area contributed by atoms with Gasteiger partial charge >= 0.3 is 0 Å². The van der Waals surface area contributed by atoms with Crippen LogP contribution < -0.4 is 4.90 Å². The van der Waals surface area contributed by atoms with Gasteiger partial charge in [0.25, 0.3) is 5.91 Å². The van der Waals surface area contributed by atoms with Crippen LogP contribution in [0.25, 0.3) is 10.6 Å². The minimum Gasteiger partial charge on any atom is -0.365 e. The van der Waals surface area contributed by atoms with Crippen LogP contribution in [-0.2, 0) is 9.84 Å². The molecule has 5 rings (SSSR count). The van der Waals surface area contributed by atoms with Crippen LogP contribution >= 0.6 is 11.3 Å². The number of nitrogens with one attached hydrogen (secondary N) is 1. The number of nitrogens with zero attached hydrogens (tertiary/aromatic N) is 5. The minimum atomic E-state index is -2.97. The van der Waals surface area contributed by atoms with Crippen molar-refractivity contribution in [3.05, 3.63) is 40.7 Å². The van der Waals surface area contributed by atoms with E-state index in [1.807, 2.05) is 47.0 Å². The Balaban J connectivity index is 1.27. The normalized spacial score (nSPS) is 20.8. The predicted octanol–water partition coefficient (Wildman–Crippen LogP) is 2.27. The van der Waals surface area contributed by atoms with Crippen molar-refractivity contribution in [1.82, 2.24) is 24.9 Å². The molecule has 2 saturated heterocycles. The van der Waals surface area contributed by atoms with E-state index in [1.165, 1.54) is 0 Å².